The van der Waals surface area contributed by atoms with Crippen LogP contribution in [0.2, 0.25) is 0 Å². The van der Waals surface area contributed by atoms with Gasteiger partial charge in [-0.05, 0) is 30.7 Å². The van der Waals surface area contributed by atoms with E-state index >= 15 is 0 Å². The molecule has 1 heterocycles. The molecule has 2 rings (SSSR count). The second kappa shape index (κ2) is 4.13. The second-order valence-electron chi connectivity index (χ2n) is 3.38. The summed E-state index contributed by atoms with van der Waals surface area (Å²) in [6, 6.07) is 7.01. The Morgan fingerprint density at radius 3 is 2.67 bits per heavy atom. The highest BCUT2D eigenvalue weighted by molar-refractivity contribution is 5.37. The number of hydrogen-bond donors (Lipinski definition) is 1. The minimum absolute atomic E-state index is 0.267. The molecule has 0 amide bonds. The van der Waals surface area contributed by atoms with Gasteiger partial charge in [0.05, 0.1) is 0 Å². The van der Waals surface area contributed by atoms with Gasteiger partial charge in [-0.2, -0.15) is 0 Å². The lowest BCUT2D eigenvalue weighted by molar-refractivity contribution is 0.475. The van der Waals surface area contributed by atoms with Crippen LogP contribution < -0.4 is 0 Å². The lowest BCUT2D eigenvalue weighted by atomic mass is 10.2. The van der Waals surface area contributed by atoms with Crippen LogP contribution in [0.15, 0.2) is 30.6 Å². The van der Waals surface area contributed by atoms with Gasteiger partial charge < -0.3 is 5.11 Å². The van der Waals surface area contributed by atoms with Crippen molar-refractivity contribution in [2.75, 3.05) is 0 Å². The summed E-state index contributed by atoms with van der Waals surface area (Å²) in [6.45, 7) is 2.11. The summed E-state index contributed by atoms with van der Waals surface area (Å²) < 4.78 is 1.93. The number of hydrogen-bond acceptors (Lipinski definition) is 3. The molecule has 4 heteroatoms. The van der Waals surface area contributed by atoms with Gasteiger partial charge in [0.15, 0.2) is 0 Å². The van der Waals surface area contributed by atoms with Crippen molar-refractivity contribution in [2.24, 2.45) is 0 Å². The highest BCUT2D eigenvalue weighted by Gasteiger charge is 2.04. The van der Waals surface area contributed by atoms with Gasteiger partial charge in [0.2, 0.25) is 0 Å². The fourth-order valence-electron chi connectivity index (χ4n) is 1.48. The minimum Gasteiger partial charge on any atom is -0.508 e. The molecule has 1 N–H and O–H groups in total. The molecule has 0 aliphatic heterocycles. The van der Waals surface area contributed by atoms with E-state index in [0.29, 0.717) is 0 Å². The van der Waals surface area contributed by atoms with Gasteiger partial charge in [-0.3, -0.25) is 4.57 Å². The summed E-state index contributed by atoms with van der Waals surface area (Å²) >= 11 is 0. The first-order chi connectivity index (χ1) is 7.31. The maximum Gasteiger partial charge on any atom is 0.137 e. The Bertz CT molecular complexity index is 433. The van der Waals surface area contributed by atoms with Gasteiger partial charge in [0.1, 0.15) is 17.9 Å². The van der Waals surface area contributed by atoms with E-state index in [0.717, 1.165) is 24.4 Å². The number of nitrogens with zero attached hydrogens (tertiary/aromatic N) is 3. The molecular formula is C11H13N3O. The van der Waals surface area contributed by atoms with Gasteiger partial charge in [0, 0.05) is 12.1 Å². The summed E-state index contributed by atoms with van der Waals surface area (Å²) in [5, 5.41) is 17.1. The van der Waals surface area contributed by atoms with Crippen LogP contribution in [-0.2, 0) is 6.42 Å². The second-order valence-corrected chi connectivity index (χ2v) is 3.38. The molecule has 0 radical (unpaired) electrons. The molecule has 1 aromatic carbocycles. The number of aromatic hydroxyl groups is 1. The van der Waals surface area contributed by atoms with Crippen LogP contribution in [0.4, 0.5) is 0 Å². The Morgan fingerprint density at radius 2 is 2.00 bits per heavy atom. The van der Waals surface area contributed by atoms with Crippen LogP contribution in [-0.4, -0.2) is 19.9 Å². The van der Waals surface area contributed by atoms with E-state index in [1.54, 1.807) is 18.5 Å². The van der Waals surface area contributed by atoms with E-state index in [-0.39, 0.29) is 5.75 Å². The van der Waals surface area contributed by atoms with Crippen molar-refractivity contribution in [3.8, 4) is 11.4 Å². The lowest BCUT2D eigenvalue weighted by Gasteiger charge is -2.05. The zero-order valence-electron chi connectivity index (χ0n) is 8.59. The molecule has 1 aromatic heterocycles. The largest absolute Gasteiger partial charge is 0.508 e. The summed E-state index contributed by atoms with van der Waals surface area (Å²) in [5.74, 6) is 1.21. The topological polar surface area (TPSA) is 50.9 Å². The van der Waals surface area contributed by atoms with Crippen molar-refractivity contribution in [1.29, 1.82) is 0 Å². The minimum atomic E-state index is 0.267. The van der Waals surface area contributed by atoms with Crippen molar-refractivity contribution >= 4 is 0 Å². The van der Waals surface area contributed by atoms with Crippen molar-refractivity contribution in [3.63, 3.8) is 0 Å². The molecule has 0 aliphatic carbocycles. The Kier molecular flexibility index (Phi) is 2.67. The van der Waals surface area contributed by atoms with E-state index < -0.39 is 0 Å². The first-order valence-corrected chi connectivity index (χ1v) is 4.99. The monoisotopic (exact) mass is 203 g/mol. The molecule has 0 atom stereocenters. The third kappa shape index (κ3) is 1.98. The molecule has 0 saturated carbocycles. The van der Waals surface area contributed by atoms with E-state index in [1.165, 1.54) is 0 Å². The number of phenolic OH excluding ortho intramolecular Hbond substituents is 1. The van der Waals surface area contributed by atoms with Gasteiger partial charge in [-0.25, -0.2) is 0 Å². The third-order valence-electron chi connectivity index (χ3n) is 2.22. The van der Waals surface area contributed by atoms with Crippen molar-refractivity contribution < 1.29 is 5.11 Å². The molecule has 15 heavy (non-hydrogen) atoms. The zero-order chi connectivity index (χ0) is 10.7. The quantitative estimate of drug-likeness (QED) is 0.829. The molecule has 0 fully saturated rings. The van der Waals surface area contributed by atoms with E-state index in [9.17, 15) is 5.11 Å². The number of phenols is 1. The Balaban J connectivity index is 2.36. The first-order valence-electron chi connectivity index (χ1n) is 4.99. The summed E-state index contributed by atoms with van der Waals surface area (Å²) in [6.07, 6.45) is 3.63. The molecular weight excluding hydrogens is 190 g/mol. The number of benzene rings is 1. The highest BCUT2D eigenvalue weighted by Crippen LogP contribution is 2.15. The zero-order valence-corrected chi connectivity index (χ0v) is 8.59. The van der Waals surface area contributed by atoms with E-state index in [2.05, 4.69) is 17.1 Å². The highest BCUT2D eigenvalue weighted by atomic mass is 16.3. The molecule has 0 saturated heterocycles. The predicted octanol–water partition coefficient (Wildman–Crippen LogP) is 1.93. The molecule has 2 aromatic rings. The fourth-order valence-corrected chi connectivity index (χ4v) is 1.48. The smallest absolute Gasteiger partial charge is 0.137 e. The van der Waals surface area contributed by atoms with Crippen LogP contribution in [0.5, 0.6) is 5.75 Å². The molecule has 4 nitrogen and oxygen atoms in total. The van der Waals surface area contributed by atoms with E-state index in [1.807, 2.05) is 16.7 Å². The summed E-state index contributed by atoms with van der Waals surface area (Å²) in [7, 11) is 0. The Hall–Kier alpha value is -1.84. The lowest BCUT2D eigenvalue weighted by Crippen LogP contribution is -1.99. The molecule has 78 valence electrons. The van der Waals surface area contributed by atoms with E-state index in [4.69, 9.17) is 0 Å². The van der Waals surface area contributed by atoms with Crippen LogP contribution in [0.1, 0.15) is 19.2 Å². The third-order valence-corrected chi connectivity index (χ3v) is 2.22. The van der Waals surface area contributed by atoms with Gasteiger partial charge in [0.25, 0.3) is 0 Å². The molecule has 0 unspecified atom stereocenters. The Morgan fingerprint density at radius 1 is 1.27 bits per heavy atom. The number of aryl methyl sites for hydroxylation is 1. The van der Waals surface area contributed by atoms with Crippen LogP contribution in [0.3, 0.4) is 0 Å². The average Bonchev–Trinajstić information content (AvgIpc) is 2.68. The molecule has 0 spiro atoms. The maximum atomic E-state index is 9.19. The summed E-state index contributed by atoms with van der Waals surface area (Å²) in [5.41, 5.74) is 0.973. The van der Waals surface area contributed by atoms with Crippen LogP contribution in [0, 0.1) is 0 Å². The van der Waals surface area contributed by atoms with Crippen molar-refractivity contribution in [3.05, 3.63) is 36.4 Å². The van der Waals surface area contributed by atoms with Crippen molar-refractivity contribution in [2.45, 2.75) is 19.8 Å². The van der Waals surface area contributed by atoms with Gasteiger partial charge in [-0.15, -0.1) is 10.2 Å². The summed E-state index contributed by atoms with van der Waals surface area (Å²) in [4.78, 5) is 0. The van der Waals surface area contributed by atoms with Gasteiger partial charge >= 0.3 is 0 Å². The normalized spacial score (nSPS) is 10.5. The number of aromatic nitrogens is 3. The number of rotatable bonds is 3. The average molecular weight is 203 g/mol. The van der Waals surface area contributed by atoms with Crippen LogP contribution in [0.25, 0.3) is 5.69 Å². The van der Waals surface area contributed by atoms with Crippen molar-refractivity contribution in [1.82, 2.24) is 14.8 Å². The molecule has 0 aliphatic rings. The standard InChI is InChI=1S/C11H13N3O/c1-2-3-11-13-12-8-14(11)9-4-6-10(15)7-5-9/h4-8,15H,2-3H2,1H3. The SMILES string of the molecule is CCCc1nncn1-c1ccc(O)cc1. The fraction of sp³-hybridized carbons (Fsp3) is 0.273. The van der Waals surface area contributed by atoms with Gasteiger partial charge in [-0.1, -0.05) is 6.92 Å². The molecule has 0 bridgehead atoms. The van der Waals surface area contributed by atoms with Crippen LogP contribution >= 0.6 is 0 Å². The Labute approximate surface area is 88.2 Å². The maximum absolute atomic E-state index is 9.19. The first kappa shape index (κ1) is 9.71. The predicted molar refractivity (Wildman–Crippen MR) is 57.0 cm³/mol.